The average molecular weight is 297 g/mol. The molecule has 0 spiro atoms. The first-order valence-electron chi connectivity index (χ1n) is 5.47. The van der Waals surface area contributed by atoms with Crippen LogP contribution in [0.1, 0.15) is 24.9 Å². The molecule has 0 heterocycles. The normalized spacial score (nSPS) is 13.8. The Kier molecular flexibility index (Phi) is 5.38. The summed E-state index contributed by atoms with van der Waals surface area (Å²) in [6.45, 7) is 5.50. The van der Waals surface area contributed by atoms with Crippen molar-refractivity contribution >= 4 is 21.8 Å². The first-order chi connectivity index (χ1) is 8.04. The van der Waals surface area contributed by atoms with Crippen LogP contribution in [0, 0.1) is 0 Å². The highest BCUT2D eigenvalue weighted by Gasteiger charge is 2.15. The topological polar surface area (TPSA) is 55.1 Å². The lowest BCUT2D eigenvalue weighted by molar-refractivity contribution is -0.122. The van der Waals surface area contributed by atoms with Crippen LogP contribution in [0.15, 0.2) is 41.4 Å². The SMILES string of the molecule is C=CCC(N)C(=O)N[C@H](C)c1ccc(Br)cc1. The van der Waals surface area contributed by atoms with Crippen molar-refractivity contribution in [2.45, 2.75) is 25.4 Å². The number of halogens is 1. The number of carbonyl (C=O) groups is 1. The molecule has 92 valence electrons. The van der Waals surface area contributed by atoms with E-state index in [1.54, 1.807) is 6.08 Å². The summed E-state index contributed by atoms with van der Waals surface area (Å²) in [7, 11) is 0. The molecule has 0 bridgehead atoms. The van der Waals surface area contributed by atoms with Crippen molar-refractivity contribution in [3.05, 3.63) is 47.0 Å². The maximum absolute atomic E-state index is 11.7. The molecule has 0 aliphatic heterocycles. The van der Waals surface area contributed by atoms with Crippen molar-refractivity contribution in [2.24, 2.45) is 5.73 Å². The maximum atomic E-state index is 11.7. The molecule has 1 amide bonds. The number of benzene rings is 1. The zero-order chi connectivity index (χ0) is 12.8. The first kappa shape index (κ1) is 13.9. The van der Waals surface area contributed by atoms with Crippen molar-refractivity contribution in [2.75, 3.05) is 0 Å². The van der Waals surface area contributed by atoms with E-state index < -0.39 is 6.04 Å². The van der Waals surface area contributed by atoms with E-state index in [4.69, 9.17) is 5.73 Å². The van der Waals surface area contributed by atoms with Crippen LogP contribution in [0.3, 0.4) is 0 Å². The highest BCUT2D eigenvalue weighted by atomic mass is 79.9. The first-order valence-corrected chi connectivity index (χ1v) is 6.26. The quantitative estimate of drug-likeness (QED) is 0.821. The van der Waals surface area contributed by atoms with Gasteiger partial charge in [-0.15, -0.1) is 6.58 Å². The molecule has 1 rings (SSSR count). The Morgan fingerprint density at radius 2 is 2.12 bits per heavy atom. The Morgan fingerprint density at radius 3 is 2.65 bits per heavy atom. The fraction of sp³-hybridized carbons (Fsp3) is 0.308. The minimum absolute atomic E-state index is 0.0496. The zero-order valence-electron chi connectivity index (χ0n) is 9.82. The summed E-state index contributed by atoms with van der Waals surface area (Å²) < 4.78 is 1.02. The van der Waals surface area contributed by atoms with E-state index in [-0.39, 0.29) is 11.9 Å². The molecule has 1 unspecified atom stereocenters. The van der Waals surface area contributed by atoms with Gasteiger partial charge in [0.15, 0.2) is 0 Å². The number of hydrogen-bond donors (Lipinski definition) is 2. The van der Waals surface area contributed by atoms with E-state index in [1.165, 1.54) is 0 Å². The molecule has 0 aromatic heterocycles. The van der Waals surface area contributed by atoms with Gasteiger partial charge in [0.1, 0.15) is 0 Å². The van der Waals surface area contributed by atoms with Crippen molar-refractivity contribution in [1.82, 2.24) is 5.32 Å². The second kappa shape index (κ2) is 6.57. The molecular weight excluding hydrogens is 280 g/mol. The molecule has 1 aromatic rings. The van der Waals surface area contributed by atoms with Gasteiger partial charge in [-0.2, -0.15) is 0 Å². The predicted molar refractivity (Wildman–Crippen MR) is 73.5 cm³/mol. The van der Waals surface area contributed by atoms with Gasteiger partial charge in [0.05, 0.1) is 12.1 Å². The summed E-state index contributed by atoms with van der Waals surface area (Å²) in [5.74, 6) is -0.152. The molecule has 3 N–H and O–H groups in total. The maximum Gasteiger partial charge on any atom is 0.237 e. The van der Waals surface area contributed by atoms with E-state index in [0.717, 1.165) is 10.0 Å². The van der Waals surface area contributed by atoms with Crippen LogP contribution in [-0.4, -0.2) is 11.9 Å². The fourth-order valence-electron chi connectivity index (χ4n) is 1.44. The van der Waals surface area contributed by atoms with Gasteiger partial charge in [-0.05, 0) is 31.0 Å². The van der Waals surface area contributed by atoms with Crippen molar-refractivity contribution in [1.29, 1.82) is 0 Å². The van der Waals surface area contributed by atoms with Gasteiger partial charge >= 0.3 is 0 Å². The summed E-state index contributed by atoms with van der Waals surface area (Å²) in [6, 6.07) is 7.25. The van der Waals surface area contributed by atoms with Crippen molar-refractivity contribution in [3.8, 4) is 0 Å². The third-order valence-electron chi connectivity index (χ3n) is 2.49. The molecule has 3 nitrogen and oxygen atoms in total. The van der Waals surface area contributed by atoms with Crippen LogP contribution in [-0.2, 0) is 4.79 Å². The van der Waals surface area contributed by atoms with Gasteiger partial charge in [-0.25, -0.2) is 0 Å². The number of hydrogen-bond acceptors (Lipinski definition) is 2. The Labute approximate surface area is 110 Å². The number of nitrogens with two attached hydrogens (primary N) is 1. The second-order valence-corrected chi connectivity index (χ2v) is 4.83. The van der Waals surface area contributed by atoms with Crippen LogP contribution in [0.5, 0.6) is 0 Å². The fourth-order valence-corrected chi connectivity index (χ4v) is 1.71. The molecule has 0 saturated carbocycles. The Morgan fingerprint density at radius 1 is 1.53 bits per heavy atom. The molecule has 0 fully saturated rings. The van der Waals surface area contributed by atoms with Gasteiger partial charge in [0, 0.05) is 4.47 Å². The molecule has 0 saturated heterocycles. The van der Waals surface area contributed by atoms with E-state index in [9.17, 15) is 4.79 Å². The van der Waals surface area contributed by atoms with Crippen LogP contribution in [0.25, 0.3) is 0 Å². The van der Waals surface area contributed by atoms with Crippen LogP contribution in [0.2, 0.25) is 0 Å². The molecule has 4 heteroatoms. The lowest BCUT2D eigenvalue weighted by atomic mass is 10.1. The van der Waals surface area contributed by atoms with Gasteiger partial charge < -0.3 is 11.1 Å². The highest BCUT2D eigenvalue weighted by Crippen LogP contribution is 2.16. The van der Waals surface area contributed by atoms with Crippen molar-refractivity contribution < 1.29 is 4.79 Å². The summed E-state index contributed by atoms with van der Waals surface area (Å²) in [5.41, 5.74) is 6.74. The summed E-state index contributed by atoms with van der Waals surface area (Å²) in [4.78, 5) is 11.7. The van der Waals surface area contributed by atoms with Gasteiger partial charge in [0.25, 0.3) is 0 Å². The van der Waals surface area contributed by atoms with Crippen LogP contribution >= 0.6 is 15.9 Å². The number of amides is 1. The molecule has 2 atom stereocenters. The molecule has 17 heavy (non-hydrogen) atoms. The van der Waals surface area contributed by atoms with E-state index in [1.807, 2.05) is 31.2 Å². The molecule has 1 aromatic carbocycles. The van der Waals surface area contributed by atoms with Crippen molar-refractivity contribution in [3.63, 3.8) is 0 Å². The third kappa shape index (κ3) is 4.32. The molecule has 0 aliphatic rings. The standard InChI is InChI=1S/C13H17BrN2O/c1-3-4-12(15)13(17)16-9(2)10-5-7-11(14)8-6-10/h3,5-9,12H,1,4,15H2,2H3,(H,16,17)/t9-,12?/m1/s1. The summed E-state index contributed by atoms with van der Waals surface area (Å²) in [6.07, 6.45) is 2.13. The van der Waals surface area contributed by atoms with Gasteiger partial charge in [-0.1, -0.05) is 34.1 Å². The van der Waals surface area contributed by atoms with Crippen LogP contribution < -0.4 is 11.1 Å². The van der Waals surface area contributed by atoms with Gasteiger partial charge in [-0.3, -0.25) is 4.79 Å². The molecule has 0 aliphatic carbocycles. The predicted octanol–water partition coefficient (Wildman–Crippen LogP) is 2.53. The van der Waals surface area contributed by atoms with E-state index in [2.05, 4.69) is 27.8 Å². The Balaban J connectivity index is 2.59. The molecular formula is C13H17BrN2O. The monoisotopic (exact) mass is 296 g/mol. The highest BCUT2D eigenvalue weighted by molar-refractivity contribution is 9.10. The Hall–Kier alpha value is -1.13. The lowest BCUT2D eigenvalue weighted by Crippen LogP contribution is -2.41. The largest absolute Gasteiger partial charge is 0.348 e. The minimum Gasteiger partial charge on any atom is -0.348 e. The Bertz CT molecular complexity index is 389. The van der Waals surface area contributed by atoms with Crippen LogP contribution in [0.4, 0.5) is 0 Å². The average Bonchev–Trinajstić information content (AvgIpc) is 2.30. The third-order valence-corrected chi connectivity index (χ3v) is 3.01. The number of rotatable bonds is 5. The smallest absolute Gasteiger partial charge is 0.237 e. The summed E-state index contributed by atoms with van der Waals surface area (Å²) >= 11 is 3.37. The minimum atomic E-state index is -0.523. The zero-order valence-corrected chi connectivity index (χ0v) is 11.4. The number of nitrogens with one attached hydrogen (secondary N) is 1. The summed E-state index contributed by atoms with van der Waals surface area (Å²) in [5, 5.41) is 2.87. The lowest BCUT2D eigenvalue weighted by Gasteiger charge is -2.17. The number of carbonyl (C=O) groups excluding carboxylic acids is 1. The second-order valence-electron chi connectivity index (χ2n) is 3.91. The van der Waals surface area contributed by atoms with E-state index >= 15 is 0 Å². The van der Waals surface area contributed by atoms with E-state index in [0.29, 0.717) is 6.42 Å². The molecule has 0 radical (unpaired) electrons. The van der Waals surface area contributed by atoms with Gasteiger partial charge in [0.2, 0.25) is 5.91 Å².